The van der Waals surface area contributed by atoms with Crippen molar-refractivity contribution in [1.82, 2.24) is 4.90 Å². The molecule has 0 aromatic heterocycles. The van der Waals surface area contributed by atoms with Crippen LogP contribution in [-0.2, 0) is 0 Å². The zero-order chi connectivity index (χ0) is 29.1. The summed E-state index contributed by atoms with van der Waals surface area (Å²) >= 11 is 0. The van der Waals surface area contributed by atoms with Crippen molar-refractivity contribution in [2.45, 2.75) is 71.1 Å². The predicted molar refractivity (Wildman–Crippen MR) is 178 cm³/mol. The second-order valence-corrected chi connectivity index (χ2v) is 13.1. The SMILES string of the molecule is CCCCCCCCN1C(=O)c2ccc3c4c(ccc(c24)C1=O)-c1cc2cc(N4CCCC4)c(N4CCCC4)cc2cc1-3. The van der Waals surface area contributed by atoms with Gasteiger partial charge < -0.3 is 9.80 Å². The lowest BCUT2D eigenvalue weighted by Crippen LogP contribution is -2.40. The monoisotopic (exact) mass is 571 g/mol. The van der Waals surface area contributed by atoms with E-state index in [0.29, 0.717) is 17.7 Å². The maximum atomic E-state index is 13.7. The average molecular weight is 572 g/mol. The lowest BCUT2D eigenvalue weighted by molar-refractivity contribution is 0.0608. The van der Waals surface area contributed by atoms with Gasteiger partial charge in [0, 0.05) is 49.2 Å². The fourth-order valence-corrected chi connectivity index (χ4v) is 8.13. The Hall–Kier alpha value is -3.86. The van der Waals surface area contributed by atoms with E-state index in [9.17, 15) is 9.59 Å². The maximum Gasteiger partial charge on any atom is 0.261 e. The van der Waals surface area contributed by atoms with Crippen molar-refractivity contribution in [1.29, 1.82) is 0 Å². The van der Waals surface area contributed by atoms with E-state index < -0.39 is 0 Å². The molecule has 0 N–H and O–H groups in total. The van der Waals surface area contributed by atoms with Gasteiger partial charge in [-0.3, -0.25) is 14.5 Å². The first-order valence-corrected chi connectivity index (χ1v) is 16.7. The molecule has 0 saturated carbocycles. The highest BCUT2D eigenvalue weighted by atomic mass is 16.2. The van der Waals surface area contributed by atoms with Crippen molar-refractivity contribution >= 4 is 44.7 Å². The van der Waals surface area contributed by atoms with Gasteiger partial charge in [0.25, 0.3) is 11.8 Å². The molecule has 3 aliphatic heterocycles. The Morgan fingerprint density at radius 1 is 0.535 bits per heavy atom. The van der Waals surface area contributed by atoms with Gasteiger partial charge in [0.1, 0.15) is 0 Å². The van der Waals surface area contributed by atoms with Gasteiger partial charge in [0.05, 0.1) is 11.4 Å². The van der Waals surface area contributed by atoms with Gasteiger partial charge in [-0.2, -0.15) is 0 Å². The topological polar surface area (TPSA) is 43.9 Å². The minimum atomic E-state index is -0.138. The number of rotatable bonds is 9. The number of amides is 2. The second-order valence-electron chi connectivity index (χ2n) is 13.1. The molecule has 2 saturated heterocycles. The molecule has 0 unspecified atom stereocenters. The van der Waals surface area contributed by atoms with Gasteiger partial charge >= 0.3 is 0 Å². The number of unbranched alkanes of at least 4 members (excludes halogenated alkanes) is 5. The second kappa shape index (κ2) is 10.7. The highest BCUT2D eigenvalue weighted by molar-refractivity contribution is 6.31. The molecule has 2 amide bonds. The highest BCUT2D eigenvalue weighted by Gasteiger charge is 2.36. The summed E-state index contributed by atoms with van der Waals surface area (Å²) in [5.41, 5.74) is 8.80. The Bertz CT molecular complexity index is 1660. The number of benzene rings is 4. The number of fused-ring (bicyclic) bond motifs is 4. The summed E-state index contributed by atoms with van der Waals surface area (Å²) in [6.45, 7) is 7.24. The number of imide groups is 1. The van der Waals surface area contributed by atoms with E-state index in [2.05, 4.69) is 53.1 Å². The van der Waals surface area contributed by atoms with E-state index in [4.69, 9.17) is 0 Å². The summed E-state index contributed by atoms with van der Waals surface area (Å²) in [4.78, 5) is 34.1. The van der Waals surface area contributed by atoms with Crippen LogP contribution in [0.2, 0.25) is 0 Å². The maximum absolute atomic E-state index is 13.7. The normalized spacial score (nSPS) is 17.3. The molecule has 4 aromatic rings. The zero-order valence-electron chi connectivity index (χ0n) is 25.4. The molecule has 8 rings (SSSR count). The number of anilines is 2. The van der Waals surface area contributed by atoms with Crippen LogP contribution in [0.5, 0.6) is 0 Å². The van der Waals surface area contributed by atoms with Crippen molar-refractivity contribution < 1.29 is 9.59 Å². The van der Waals surface area contributed by atoms with Gasteiger partial charge in [-0.05, 0) is 107 Å². The molecule has 1 aliphatic carbocycles. The van der Waals surface area contributed by atoms with E-state index in [-0.39, 0.29) is 11.8 Å². The van der Waals surface area contributed by atoms with E-state index >= 15 is 0 Å². The Labute approximate surface area is 254 Å². The molecule has 43 heavy (non-hydrogen) atoms. The van der Waals surface area contributed by atoms with Gasteiger partial charge in [0.15, 0.2) is 0 Å². The minimum absolute atomic E-state index is 0.138. The molecule has 5 heteroatoms. The van der Waals surface area contributed by atoms with Gasteiger partial charge in [0.2, 0.25) is 0 Å². The van der Waals surface area contributed by atoms with Gasteiger partial charge in [-0.1, -0.05) is 51.2 Å². The van der Waals surface area contributed by atoms with Crippen molar-refractivity contribution in [3.8, 4) is 22.3 Å². The minimum Gasteiger partial charge on any atom is -0.370 e. The molecule has 0 radical (unpaired) electrons. The third kappa shape index (κ3) is 4.26. The Morgan fingerprint density at radius 2 is 0.977 bits per heavy atom. The molecule has 4 aromatic carbocycles. The average Bonchev–Trinajstić information content (AvgIpc) is 3.81. The van der Waals surface area contributed by atoms with Crippen molar-refractivity contribution in [2.24, 2.45) is 0 Å². The molecular formula is C38H41N3O2. The van der Waals surface area contributed by atoms with Crippen molar-refractivity contribution in [3.63, 3.8) is 0 Å². The number of hydrogen-bond acceptors (Lipinski definition) is 4. The summed E-state index contributed by atoms with van der Waals surface area (Å²) in [6.07, 6.45) is 11.8. The zero-order valence-corrected chi connectivity index (χ0v) is 25.4. The van der Waals surface area contributed by atoms with E-state index in [1.807, 2.05) is 12.1 Å². The smallest absolute Gasteiger partial charge is 0.261 e. The molecule has 3 heterocycles. The van der Waals surface area contributed by atoms with Crippen LogP contribution in [0.25, 0.3) is 43.8 Å². The number of nitrogens with zero attached hydrogens (tertiary/aromatic N) is 3. The molecule has 220 valence electrons. The molecule has 0 bridgehead atoms. The Kier molecular flexibility index (Phi) is 6.65. The summed E-state index contributed by atoms with van der Waals surface area (Å²) in [5, 5.41) is 4.44. The van der Waals surface area contributed by atoms with Crippen LogP contribution in [0.15, 0.2) is 48.5 Å². The van der Waals surface area contributed by atoms with Crippen LogP contribution in [0.4, 0.5) is 11.4 Å². The standard InChI is InChI=1S/C38H41N3O2/c1-2-3-4-5-6-7-20-41-37(42)29-14-12-27-31-21-25-23-33(39-16-8-9-17-39)34(40-18-10-11-19-40)24-26(25)22-32(31)28-13-15-30(38(41)43)36(29)35(27)28/h12-15,21-24H,2-11,16-20H2,1H3. The number of hydrogen-bond donors (Lipinski definition) is 0. The molecular weight excluding hydrogens is 530 g/mol. The van der Waals surface area contributed by atoms with Gasteiger partial charge in [-0.25, -0.2) is 0 Å². The fraction of sp³-hybridized carbons (Fsp3) is 0.421. The van der Waals surface area contributed by atoms with Crippen molar-refractivity contribution in [3.05, 3.63) is 59.7 Å². The summed E-state index contributed by atoms with van der Waals surface area (Å²) in [6, 6.07) is 17.7. The van der Waals surface area contributed by atoms with Crippen LogP contribution in [0.3, 0.4) is 0 Å². The molecule has 2 fully saturated rings. The van der Waals surface area contributed by atoms with Crippen LogP contribution >= 0.6 is 0 Å². The predicted octanol–water partition coefficient (Wildman–Crippen LogP) is 8.80. The summed E-state index contributed by atoms with van der Waals surface area (Å²) < 4.78 is 0. The first-order valence-electron chi connectivity index (χ1n) is 16.7. The molecule has 4 aliphatic rings. The first kappa shape index (κ1) is 26.7. The molecule has 0 spiro atoms. The third-order valence-electron chi connectivity index (χ3n) is 10.4. The van der Waals surface area contributed by atoms with Gasteiger partial charge in [-0.15, -0.1) is 0 Å². The van der Waals surface area contributed by atoms with E-state index in [1.54, 1.807) is 0 Å². The van der Waals surface area contributed by atoms with E-state index in [0.717, 1.165) is 67.3 Å². The molecule has 0 atom stereocenters. The van der Waals surface area contributed by atoms with Crippen LogP contribution in [0.1, 0.15) is 91.8 Å². The third-order valence-corrected chi connectivity index (χ3v) is 10.4. The quantitative estimate of drug-likeness (QED) is 0.131. The Morgan fingerprint density at radius 3 is 1.49 bits per heavy atom. The summed E-state index contributed by atoms with van der Waals surface area (Å²) in [5.74, 6) is -0.275. The summed E-state index contributed by atoms with van der Waals surface area (Å²) in [7, 11) is 0. The van der Waals surface area contributed by atoms with Crippen molar-refractivity contribution in [2.75, 3.05) is 42.5 Å². The first-order chi connectivity index (χ1) is 21.1. The lowest BCUT2D eigenvalue weighted by Gasteiger charge is -2.28. The van der Waals surface area contributed by atoms with Crippen LogP contribution in [-0.4, -0.2) is 49.4 Å². The Balaban J connectivity index is 1.19. The largest absolute Gasteiger partial charge is 0.370 e. The number of carbonyl (C=O) groups is 2. The van der Waals surface area contributed by atoms with Crippen LogP contribution in [0, 0.1) is 0 Å². The van der Waals surface area contributed by atoms with E-state index in [1.165, 1.54) is 83.1 Å². The highest BCUT2D eigenvalue weighted by Crippen LogP contribution is 2.52. The number of carbonyl (C=O) groups excluding carboxylic acids is 2. The van der Waals surface area contributed by atoms with Crippen LogP contribution < -0.4 is 9.80 Å². The lowest BCUT2D eigenvalue weighted by atomic mass is 9.90. The fourth-order valence-electron chi connectivity index (χ4n) is 8.13. The molecule has 5 nitrogen and oxygen atoms in total.